The first kappa shape index (κ1) is 19.5. The molecule has 10 heteroatoms. The molecular formula is C18H17N3O6S. The average Bonchev–Trinajstić information content (AvgIpc) is 2.97. The van der Waals surface area contributed by atoms with Gasteiger partial charge >= 0.3 is 5.97 Å². The Bertz CT molecular complexity index is 1080. The predicted molar refractivity (Wildman–Crippen MR) is 101 cm³/mol. The van der Waals surface area contributed by atoms with Crippen molar-refractivity contribution in [1.29, 1.82) is 0 Å². The number of aliphatic hydroxyl groups is 1. The minimum Gasteiger partial charge on any atom is -0.507 e. The van der Waals surface area contributed by atoms with E-state index in [0.717, 1.165) is 0 Å². The fourth-order valence-electron chi connectivity index (χ4n) is 2.62. The molecule has 9 nitrogen and oxygen atoms in total. The largest absolute Gasteiger partial charge is 0.507 e. The molecule has 0 saturated carbocycles. The lowest BCUT2D eigenvalue weighted by Crippen LogP contribution is -2.28. The van der Waals surface area contributed by atoms with Crippen LogP contribution in [0.5, 0.6) is 5.75 Å². The highest BCUT2D eigenvalue weighted by Gasteiger charge is 2.31. The average molecular weight is 403 g/mol. The normalized spacial score (nSPS) is 14.6. The van der Waals surface area contributed by atoms with Gasteiger partial charge in [0, 0.05) is 11.1 Å². The van der Waals surface area contributed by atoms with Crippen molar-refractivity contribution in [3.05, 3.63) is 59.2 Å². The zero-order valence-electron chi connectivity index (χ0n) is 14.8. The number of phenols is 1. The third kappa shape index (κ3) is 3.73. The van der Waals surface area contributed by atoms with Crippen LogP contribution >= 0.6 is 0 Å². The maximum atomic E-state index is 12.2. The lowest BCUT2D eigenvalue weighted by Gasteiger charge is -2.17. The molecule has 0 saturated heterocycles. The van der Waals surface area contributed by atoms with Gasteiger partial charge in [0.25, 0.3) is 10.0 Å². The van der Waals surface area contributed by atoms with Crippen molar-refractivity contribution >= 4 is 28.0 Å². The van der Waals surface area contributed by atoms with Gasteiger partial charge in [-0.25, -0.2) is 9.80 Å². The molecule has 0 unspecified atom stereocenters. The van der Waals surface area contributed by atoms with Gasteiger partial charge in [0.15, 0.2) is 5.84 Å². The second-order valence-corrected chi connectivity index (χ2v) is 7.32. The van der Waals surface area contributed by atoms with Crippen LogP contribution < -0.4 is 0 Å². The number of carbonyl (C=O) groups excluding carboxylic acids is 1. The third-order valence-corrected chi connectivity index (χ3v) is 5.28. The van der Waals surface area contributed by atoms with E-state index >= 15 is 0 Å². The molecule has 0 aliphatic carbocycles. The second-order valence-electron chi connectivity index (χ2n) is 5.74. The maximum absolute atomic E-state index is 12.2. The zero-order valence-corrected chi connectivity index (χ0v) is 15.6. The summed E-state index contributed by atoms with van der Waals surface area (Å²) in [6.07, 6.45) is 1.24. The number of ether oxygens (including phenoxy) is 1. The Hall–Kier alpha value is -3.24. The molecule has 28 heavy (non-hydrogen) atoms. The molecule has 0 fully saturated rings. The number of fused-ring (bicyclic) bond motifs is 1. The van der Waals surface area contributed by atoms with Crippen LogP contribution in [0, 0.1) is 0 Å². The summed E-state index contributed by atoms with van der Waals surface area (Å²) in [5, 5.41) is 24.7. The summed E-state index contributed by atoms with van der Waals surface area (Å²) in [4.78, 5) is 11.7. The number of carbonyl (C=O) groups is 1. The van der Waals surface area contributed by atoms with Crippen LogP contribution in [0.15, 0.2) is 56.9 Å². The van der Waals surface area contributed by atoms with E-state index in [2.05, 4.69) is 14.2 Å². The molecule has 2 aromatic carbocycles. The number of methoxy groups -OCH3 is 1. The molecule has 2 aromatic rings. The molecule has 0 aromatic heterocycles. The number of rotatable bonds is 5. The first-order valence-corrected chi connectivity index (χ1v) is 9.59. The monoisotopic (exact) mass is 403 g/mol. The quantitative estimate of drug-likeness (QED) is 0.432. The van der Waals surface area contributed by atoms with Crippen molar-refractivity contribution in [1.82, 2.24) is 5.01 Å². The number of sulfonamides is 1. The van der Waals surface area contributed by atoms with Crippen molar-refractivity contribution in [3.8, 4) is 5.75 Å². The lowest BCUT2D eigenvalue weighted by atomic mass is 10.1. The number of benzene rings is 2. The first-order chi connectivity index (χ1) is 13.4. The second kappa shape index (κ2) is 7.79. The van der Waals surface area contributed by atoms with Crippen LogP contribution in [0.25, 0.3) is 0 Å². The predicted octanol–water partition coefficient (Wildman–Crippen LogP) is 0.956. The van der Waals surface area contributed by atoms with E-state index in [1.165, 1.54) is 42.6 Å². The van der Waals surface area contributed by atoms with E-state index in [0.29, 0.717) is 5.56 Å². The van der Waals surface area contributed by atoms with Gasteiger partial charge in [0.05, 0.1) is 32.0 Å². The Morgan fingerprint density at radius 1 is 1.29 bits per heavy atom. The number of aliphatic hydroxyl groups excluding tert-OH is 1. The number of esters is 1. The SMILES string of the molecule is COC(=O)c1ccc(O)c(C=NN(CCO)C2=NS(=O)(=O)c3ccccc32)c1. The summed E-state index contributed by atoms with van der Waals surface area (Å²) in [6, 6.07) is 10.4. The maximum Gasteiger partial charge on any atom is 0.337 e. The van der Waals surface area contributed by atoms with Gasteiger partial charge in [-0.15, -0.1) is 4.40 Å². The van der Waals surface area contributed by atoms with Crippen molar-refractivity contribution < 1.29 is 28.2 Å². The minimum atomic E-state index is -3.85. The van der Waals surface area contributed by atoms with Crippen molar-refractivity contribution in [3.63, 3.8) is 0 Å². The highest BCUT2D eigenvalue weighted by Crippen LogP contribution is 2.27. The van der Waals surface area contributed by atoms with Crippen LogP contribution in [-0.4, -0.2) is 61.9 Å². The highest BCUT2D eigenvalue weighted by atomic mass is 32.2. The fraction of sp³-hybridized carbons (Fsp3) is 0.167. The molecule has 3 rings (SSSR count). The topological polar surface area (TPSA) is 129 Å². The Morgan fingerprint density at radius 2 is 2.04 bits per heavy atom. The first-order valence-electron chi connectivity index (χ1n) is 8.15. The van der Waals surface area contributed by atoms with Gasteiger partial charge in [-0.3, -0.25) is 0 Å². The lowest BCUT2D eigenvalue weighted by molar-refractivity contribution is 0.0600. The Labute approximate surface area is 161 Å². The van der Waals surface area contributed by atoms with Gasteiger partial charge in [-0.05, 0) is 30.3 Å². The molecule has 0 spiro atoms. The number of aromatic hydroxyl groups is 1. The summed E-state index contributed by atoms with van der Waals surface area (Å²) < 4.78 is 32.9. The number of phenolic OH excluding ortho intramolecular Hbond substituents is 1. The van der Waals surface area contributed by atoms with Crippen LogP contribution in [0.4, 0.5) is 0 Å². The fourth-order valence-corrected chi connectivity index (χ4v) is 3.83. The van der Waals surface area contributed by atoms with E-state index < -0.39 is 16.0 Å². The zero-order chi connectivity index (χ0) is 20.3. The third-order valence-electron chi connectivity index (χ3n) is 3.95. The van der Waals surface area contributed by atoms with Crippen molar-refractivity contribution in [2.75, 3.05) is 20.3 Å². The standard InChI is InChI=1S/C18H17N3O6S/c1-27-18(24)12-6-7-15(23)13(10-12)11-19-21(8-9-22)17-14-4-2-3-5-16(14)28(25,26)20-17/h2-7,10-11,22-23H,8-9H2,1H3. The van der Waals surface area contributed by atoms with Crippen molar-refractivity contribution in [2.45, 2.75) is 4.90 Å². The molecular weight excluding hydrogens is 386 g/mol. The molecule has 0 bridgehead atoms. The van der Waals surface area contributed by atoms with E-state index in [1.807, 2.05) is 0 Å². The number of hydrazone groups is 1. The summed E-state index contributed by atoms with van der Waals surface area (Å²) in [7, 11) is -2.61. The van der Waals surface area contributed by atoms with E-state index in [4.69, 9.17) is 0 Å². The van der Waals surface area contributed by atoms with Crippen LogP contribution in [-0.2, 0) is 14.8 Å². The Kier molecular flexibility index (Phi) is 5.43. The van der Waals surface area contributed by atoms with Gasteiger partial charge in [0.2, 0.25) is 0 Å². The van der Waals surface area contributed by atoms with Gasteiger partial charge in [-0.2, -0.15) is 13.5 Å². The minimum absolute atomic E-state index is 0.0311. The van der Waals surface area contributed by atoms with Gasteiger partial charge < -0.3 is 14.9 Å². The number of hydrogen-bond acceptors (Lipinski definition) is 8. The highest BCUT2D eigenvalue weighted by molar-refractivity contribution is 7.90. The summed E-state index contributed by atoms with van der Waals surface area (Å²) in [5.74, 6) is -0.659. The molecule has 1 aliphatic heterocycles. The van der Waals surface area contributed by atoms with E-state index in [9.17, 15) is 23.4 Å². The van der Waals surface area contributed by atoms with E-state index in [1.54, 1.807) is 18.2 Å². The van der Waals surface area contributed by atoms with Crippen LogP contribution in [0.1, 0.15) is 21.5 Å². The molecule has 0 radical (unpaired) electrons. The molecule has 2 N–H and O–H groups in total. The van der Waals surface area contributed by atoms with Crippen molar-refractivity contribution in [2.24, 2.45) is 9.50 Å². The number of nitrogens with zero attached hydrogens (tertiary/aromatic N) is 3. The van der Waals surface area contributed by atoms with Crippen LogP contribution in [0.3, 0.4) is 0 Å². The Morgan fingerprint density at radius 3 is 2.75 bits per heavy atom. The molecule has 0 amide bonds. The Balaban J connectivity index is 1.99. The smallest absolute Gasteiger partial charge is 0.337 e. The van der Waals surface area contributed by atoms with Crippen LogP contribution in [0.2, 0.25) is 0 Å². The summed E-state index contributed by atoms with van der Waals surface area (Å²) in [6.45, 7) is -0.344. The summed E-state index contributed by atoms with van der Waals surface area (Å²) >= 11 is 0. The molecule has 146 valence electrons. The molecule has 1 aliphatic rings. The summed E-state index contributed by atoms with van der Waals surface area (Å²) in [5.41, 5.74) is 0.780. The van der Waals surface area contributed by atoms with Gasteiger partial charge in [-0.1, -0.05) is 12.1 Å². The molecule has 1 heterocycles. The number of amidine groups is 1. The van der Waals surface area contributed by atoms with E-state index in [-0.39, 0.29) is 40.8 Å². The number of hydrogen-bond donors (Lipinski definition) is 2. The molecule has 0 atom stereocenters. The van der Waals surface area contributed by atoms with Gasteiger partial charge in [0.1, 0.15) is 10.6 Å².